The molecule has 1 rings (SSSR count). The van der Waals surface area contributed by atoms with E-state index < -0.39 is 0 Å². The molecule has 0 saturated heterocycles. The summed E-state index contributed by atoms with van der Waals surface area (Å²) in [6.07, 6.45) is 0. The van der Waals surface area contributed by atoms with Crippen LogP contribution in [0.5, 0.6) is 0 Å². The molecule has 0 nitrogen and oxygen atoms in total. The third kappa shape index (κ3) is 3.46. The van der Waals surface area contributed by atoms with E-state index in [0.717, 1.165) is 4.47 Å². The van der Waals surface area contributed by atoms with Gasteiger partial charge in [0, 0.05) is 4.47 Å². The minimum absolute atomic E-state index is 0. The summed E-state index contributed by atoms with van der Waals surface area (Å²) in [5, 5.41) is 0. The first-order valence-electron chi connectivity index (χ1n) is 3.76. The summed E-state index contributed by atoms with van der Waals surface area (Å²) in [4.78, 5) is 0. The molecule has 0 aliphatic carbocycles. The van der Waals surface area contributed by atoms with Crippen molar-refractivity contribution in [3.8, 4) is 0 Å². The molecular formula is C10H15BrMg. The molecule has 0 amide bonds. The Balaban J connectivity index is 0.00000121. The van der Waals surface area contributed by atoms with Crippen LogP contribution in [0.15, 0.2) is 28.7 Å². The third-order valence-corrected chi connectivity index (χ3v) is 2.24. The monoisotopic (exact) mass is 238 g/mol. The fraction of sp³-hybridized carbons (Fsp3) is 0.400. The fourth-order valence-electron chi connectivity index (χ4n) is 0.950. The van der Waals surface area contributed by atoms with Gasteiger partial charge in [0.05, 0.1) is 0 Å². The quantitative estimate of drug-likeness (QED) is 0.611. The van der Waals surface area contributed by atoms with Gasteiger partial charge in [-0.3, -0.25) is 0 Å². The molecule has 12 heavy (non-hydrogen) atoms. The van der Waals surface area contributed by atoms with Crippen molar-refractivity contribution in [1.29, 1.82) is 0 Å². The maximum absolute atomic E-state index is 3.41. The molecule has 0 bridgehead atoms. The standard InChI is InChI=1S/C10H13Br.Mg.2H/c1-10(2,3)8-4-6-9(11)7-5-8;;;/h4-7H,1-3H3;;;. The second-order valence-electron chi connectivity index (χ2n) is 3.76. The van der Waals surface area contributed by atoms with E-state index in [9.17, 15) is 0 Å². The number of rotatable bonds is 0. The van der Waals surface area contributed by atoms with Crippen molar-refractivity contribution >= 4 is 39.0 Å². The molecule has 0 fully saturated rings. The van der Waals surface area contributed by atoms with Gasteiger partial charge in [0.15, 0.2) is 0 Å². The topological polar surface area (TPSA) is 0 Å². The molecule has 0 aliphatic rings. The van der Waals surface area contributed by atoms with Crippen molar-refractivity contribution in [2.24, 2.45) is 0 Å². The van der Waals surface area contributed by atoms with Crippen LogP contribution in [-0.2, 0) is 5.41 Å². The van der Waals surface area contributed by atoms with E-state index in [1.54, 1.807) is 0 Å². The van der Waals surface area contributed by atoms with Crippen LogP contribution in [0.25, 0.3) is 0 Å². The minimum atomic E-state index is 0. The Labute approximate surface area is 99.0 Å². The summed E-state index contributed by atoms with van der Waals surface area (Å²) in [7, 11) is 0. The second-order valence-corrected chi connectivity index (χ2v) is 4.67. The third-order valence-electron chi connectivity index (χ3n) is 1.71. The van der Waals surface area contributed by atoms with Gasteiger partial charge in [-0.15, -0.1) is 0 Å². The van der Waals surface area contributed by atoms with Crippen LogP contribution in [0.4, 0.5) is 0 Å². The molecular weight excluding hydrogens is 224 g/mol. The molecule has 64 valence electrons. The Hall–Kier alpha value is 0.466. The van der Waals surface area contributed by atoms with E-state index in [-0.39, 0.29) is 28.5 Å². The fourth-order valence-corrected chi connectivity index (χ4v) is 1.21. The van der Waals surface area contributed by atoms with Crippen LogP contribution in [0.2, 0.25) is 0 Å². The summed E-state index contributed by atoms with van der Waals surface area (Å²) < 4.78 is 1.14. The predicted octanol–water partition coefficient (Wildman–Crippen LogP) is 2.83. The van der Waals surface area contributed by atoms with Crippen LogP contribution < -0.4 is 0 Å². The smallest absolute Gasteiger partial charge is 0.0574 e. The van der Waals surface area contributed by atoms with Crippen LogP contribution in [0, 0.1) is 0 Å². The highest BCUT2D eigenvalue weighted by atomic mass is 79.9. The lowest BCUT2D eigenvalue weighted by Gasteiger charge is -2.18. The zero-order valence-corrected chi connectivity index (χ0v) is 8.77. The van der Waals surface area contributed by atoms with Crippen molar-refractivity contribution in [2.45, 2.75) is 26.2 Å². The van der Waals surface area contributed by atoms with Gasteiger partial charge in [-0.2, -0.15) is 0 Å². The Bertz CT molecular complexity index is 233. The van der Waals surface area contributed by atoms with E-state index in [1.807, 2.05) is 0 Å². The summed E-state index contributed by atoms with van der Waals surface area (Å²) in [5.74, 6) is 0. The molecule has 0 radical (unpaired) electrons. The zero-order chi connectivity index (χ0) is 8.48. The summed E-state index contributed by atoms with van der Waals surface area (Å²) in [6, 6.07) is 8.48. The number of hydrogen-bond donors (Lipinski definition) is 0. The van der Waals surface area contributed by atoms with Gasteiger partial charge in [-0.05, 0) is 23.1 Å². The molecule has 0 saturated carbocycles. The Morgan fingerprint density at radius 2 is 1.42 bits per heavy atom. The number of hydrogen-bond acceptors (Lipinski definition) is 0. The number of benzene rings is 1. The molecule has 2 heteroatoms. The molecule has 1 aromatic rings. The van der Waals surface area contributed by atoms with Crippen molar-refractivity contribution in [3.05, 3.63) is 34.3 Å². The molecule has 0 unspecified atom stereocenters. The Morgan fingerprint density at radius 3 is 1.75 bits per heavy atom. The van der Waals surface area contributed by atoms with E-state index in [1.165, 1.54) is 5.56 Å². The normalized spacial score (nSPS) is 10.7. The van der Waals surface area contributed by atoms with Gasteiger partial charge in [-0.25, -0.2) is 0 Å². The van der Waals surface area contributed by atoms with Gasteiger partial charge >= 0.3 is 23.1 Å². The van der Waals surface area contributed by atoms with Gasteiger partial charge in [-0.1, -0.05) is 48.8 Å². The van der Waals surface area contributed by atoms with E-state index in [2.05, 4.69) is 61.0 Å². The van der Waals surface area contributed by atoms with Crippen molar-refractivity contribution < 1.29 is 0 Å². The SMILES string of the molecule is CC(C)(C)c1ccc(Br)cc1.[MgH2]. The molecule has 0 spiro atoms. The largest absolute Gasteiger partial charge is 0.316 e. The second kappa shape index (κ2) is 4.63. The average Bonchev–Trinajstić information content (AvgIpc) is 1.86. The molecule has 0 N–H and O–H groups in total. The molecule has 0 aromatic heterocycles. The van der Waals surface area contributed by atoms with Crippen LogP contribution in [0.3, 0.4) is 0 Å². The predicted molar refractivity (Wildman–Crippen MR) is 61.4 cm³/mol. The Morgan fingerprint density at radius 1 is 1.00 bits per heavy atom. The highest BCUT2D eigenvalue weighted by Gasteiger charge is 2.12. The lowest BCUT2D eigenvalue weighted by molar-refractivity contribution is 0.590. The molecule has 0 aliphatic heterocycles. The maximum Gasteiger partial charge on any atom is 0.316 e. The zero-order valence-electron chi connectivity index (χ0n) is 7.19. The highest BCUT2D eigenvalue weighted by Crippen LogP contribution is 2.23. The first-order valence-corrected chi connectivity index (χ1v) is 4.55. The highest BCUT2D eigenvalue weighted by molar-refractivity contribution is 9.10. The average molecular weight is 239 g/mol. The van der Waals surface area contributed by atoms with Crippen molar-refractivity contribution in [3.63, 3.8) is 0 Å². The molecule has 0 atom stereocenters. The van der Waals surface area contributed by atoms with Gasteiger partial charge in [0.2, 0.25) is 0 Å². The summed E-state index contributed by atoms with van der Waals surface area (Å²) in [5.41, 5.74) is 1.64. The molecule has 1 aromatic carbocycles. The minimum Gasteiger partial charge on any atom is -0.0574 e. The van der Waals surface area contributed by atoms with Gasteiger partial charge in [0.1, 0.15) is 0 Å². The van der Waals surface area contributed by atoms with Crippen molar-refractivity contribution in [2.75, 3.05) is 0 Å². The lowest BCUT2D eigenvalue weighted by atomic mass is 9.87. The van der Waals surface area contributed by atoms with Crippen molar-refractivity contribution in [1.82, 2.24) is 0 Å². The van der Waals surface area contributed by atoms with Crippen LogP contribution in [0.1, 0.15) is 26.3 Å². The van der Waals surface area contributed by atoms with Crippen LogP contribution in [-0.4, -0.2) is 23.1 Å². The van der Waals surface area contributed by atoms with Gasteiger partial charge in [0.25, 0.3) is 0 Å². The van der Waals surface area contributed by atoms with Gasteiger partial charge < -0.3 is 0 Å². The summed E-state index contributed by atoms with van der Waals surface area (Å²) in [6.45, 7) is 6.66. The first kappa shape index (κ1) is 12.5. The first-order chi connectivity index (χ1) is 5.00. The van der Waals surface area contributed by atoms with E-state index in [0.29, 0.717) is 0 Å². The van der Waals surface area contributed by atoms with Crippen LogP contribution >= 0.6 is 15.9 Å². The number of halogens is 1. The van der Waals surface area contributed by atoms with E-state index in [4.69, 9.17) is 0 Å². The lowest BCUT2D eigenvalue weighted by Crippen LogP contribution is -2.10. The Kier molecular flexibility index (Phi) is 4.81. The maximum atomic E-state index is 3.41. The molecule has 0 heterocycles. The summed E-state index contributed by atoms with van der Waals surface area (Å²) >= 11 is 3.41. The van der Waals surface area contributed by atoms with E-state index >= 15 is 0 Å².